The number of halogens is 1. The van der Waals surface area contributed by atoms with Crippen molar-refractivity contribution in [1.29, 1.82) is 0 Å². The zero-order valence-electron chi connectivity index (χ0n) is 15.8. The molecule has 29 heavy (non-hydrogen) atoms. The first kappa shape index (κ1) is 18.1. The number of H-pyrrole nitrogens is 1. The van der Waals surface area contributed by atoms with E-state index >= 15 is 0 Å². The minimum absolute atomic E-state index is 0.0110. The molecule has 3 aromatic rings. The number of aromatic amines is 1. The van der Waals surface area contributed by atoms with Crippen molar-refractivity contribution in [2.45, 2.75) is 18.4 Å². The maximum Gasteiger partial charge on any atom is 0.270 e. The molecule has 1 saturated heterocycles. The van der Waals surface area contributed by atoms with Crippen molar-refractivity contribution in [3.05, 3.63) is 58.7 Å². The Morgan fingerprint density at radius 3 is 2.93 bits per heavy atom. The van der Waals surface area contributed by atoms with E-state index < -0.39 is 5.60 Å². The number of fused-ring (bicyclic) bond motifs is 2. The molecule has 0 bridgehead atoms. The van der Waals surface area contributed by atoms with Crippen LogP contribution in [0.4, 0.5) is 0 Å². The number of amides is 1. The third kappa shape index (κ3) is 2.95. The first-order valence-electron chi connectivity index (χ1n) is 9.45. The fourth-order valence-electron chi connectivity index (χ4n) is 4.25. The molecule has 1 atom stereocenters. The fourth-order valence-corrected chi connectivity index (χ4v) is 4.48. The van der Waals surface area contributed by atoms with E-state index in [1.54, 1.807) is 36.3 Å². The van der Waals surface area contributed by atoms with E-state index in [2.05, 4.69) is 4.98 Å². The number of Topliss-reactive ketones (excluding diaryl/α,β-unsaturated/α-hetero) is 1. The van der Waals surface area contributed by atoms with Gasteiger partial charge in [-0.25, -0.2) is 0 Å². The summed E-state index contributed by atoms with van der Waals surface area (Å²) >= 11 is 6.21. The number of nitrogens with one attached hydrogen (secondary N) is 1. The Balaban J connectivity index is 1.39. The average molecular weight is 411 g/mol. The zero-order valence-corrected chi connectivity index (χ0v) is 16.6. The summed E-state index contributed by atoms with van der Waals surface area (Å²) in [5.41, 5.74) is 1.08. The molecule has 0 aliphatic carbocycles. The largest absolute Gasteiger partial charge is 0.497 e. The van der Waals surface area contributed by atoms with E-state index in [0.717, 1.165) is 10.9 Å². The number of rotatable bonds is 2. The van der Waals surface area contributed by atoms with Gasteiger partial charge in [0.2, 0.25) is 0 Å². The first-order valence-corrected chi connectivity index (χ1v) is 9.83. The highest BCUT2D eigenvalue weighted by Crippen LogP contribution is 2.40. The molecule has 1 amide bonds. The van der Waals surface area contributed by atoms with Gasteiger partial charge in [-0.15, -0.1) is 0 Å². The number of carbonyl (C=O) groups is 2. The van der Waals surface area contributed by atoms with E-state index in [0.29, 0.717) is 47.3 Å². The van der Waals surface area contributed by atoms with Gasteiger partial charge in [0, 0.05) is 18.4 Å². The number of carbonyl (C=O) groups excluding carboxylic acids is 2. The van der Waals surface area contributed by atoms with Gasteiger partial charge < -0.3 is 19.4 Å². The normalized spacial score (nSPS) is 20.8. The molecule has 0 saturated carbocycles. The number of methoxy groups -OCH3 is 1. The predicted molar refractivity (Wildman–Crippen MR) is 109 cm³/mol. The van der Waals surface area contributed by atoms with E-state index in [-0.39, 0.29) is 18.1 Å². The molecule has 1 N–H and O–H groups in total. The second-order valence-corrected chi connectivity index (χ2v) is 8.02. The van der Waals surface area contributed by atoms with Crippen molar-refractivity contribution in [1.82, 2.24) is 9.88 Å². The summed E-state index contributed by atoms with van der Waals surface area (Å²) in [5.74, 6) is 1.06. The average Bonchev–Trinajstić information content (AvgIpc) is 3.33. The second kappa shape index (κ2) is 6.52. The molecule has 3 heterocycles. The number of nitrogens with zero attached hydrogens (tertiary/aromatic N) is 1. The van der Waals surface area contributed by atoms with Crippen LogP contribution < -0.4 is 9.47 Å². The van der Waals surface area contributed by atoms with Crippen LogP contribution in [0.2, 0.25) is 5.02 Å². The van der Waals surface area contributed by atoms with Crippen LogP contribution in [-0.4, -0.2) is 47.4 Å². The summed E-state index contributed by atoms with van der Waals surface area (Å²) in [5, 5.41) is 1.47. The smallest absolute Gasteiger partial charge is 0.270 e. The highest BCUT2D eigenvalue weighted by molar-refractivity contribution is 6.35. The molecule has 1 spiro atoms. The summed E-state index contributed by atoms with van der Waals surface area (Å²) in [4.78, 5) is 30.7. The Morgan fingerprint density at radius 2 is 2.14 bits per heavy atom. The number of ketones is 1. The van der Waals surface area contributed by atoms with E-state index in [4.69, 9.17) is 21.1 Å². The van der Waals surface area contributed by atoms with Gasteiger partial charge in [0.25, 0.3) is 5.91 Å². The molecular weight excluding hydrogens is 392 g/mol. The van der Waals surface area contributed by atoms with Gasteiger partial charge in [-0.1, -0.05) is 23.7 Å². The maximum atomic E-state index is 13.1. The summed E-state index contributed by atoms with van der Waals surface area (Å²) in [6, 6.07) is 12.6. The molecular formula is C22H19ClN2O4. The van der Waals surface area contributed by atoms with Gasteiger partial charge in [0.05, 0.1) is 36.2 Å². The van der Waals surface area contributed by atoms with E-state index in [1.165, 1.54) is 0 Å². The number of para-hydroxylation sites is 1. The molecule has 2 aliphatic heterocycles. The standard InChI is InChI=1S/C22H19ClN2O4/c1-28-14-5-6-19-15(10-14)18(26)11-22(29-19)7-8-25(12-22)21(27)17-9-13-3-2-4-16(23)20(13)24-17/h2-6,9-10,24H,7-8,11-12H2,1H3. The summed E-state index contributed by atoms with van der Waals surface area (Å²) in [6.45, 7) is 0.896. The van der Waals surface area contributed by atoms with E-state index in [1.807, 2.05) is 18.2 Å². The van der Waals surface area contributed by atoms with Crippen molar-refractivity contribution >= 4 is 34.2 Å². The zero-order chi connectivity index (χ0) is 20.2. The lowest BCUT2D eigenvalue weighted by Crippen LogP contribution is -2.45. The minimum atomic E-state index is -0.683. The number of aromatic nitrogens is 1. The topological polar surface area (TPSA) is 71.6 Å². The van der Waals surface area contributed by atoms with Gasteiger partial charge >= 0.3 is 0 Å². The second-order valence-electron chi connectivity index (χ2n) is 7.61. The van der Waals surface area contributed by atoms with E-state index in [9.17, 15) is 9.59 Å². The predicted octanol–water partition coefficient (Wildman–Crippen LogP) is 4.08. The molecule has 1 aromatic heterocycles. The molecule has 5 rings (SSSR count). The molecule has 1 unspecified atom stereocenters. The van der Waals surface area contributed by atoms with Crippen LogP contribution in [0.15, 0.2) is 42.5 Å². The molecule has 7 heteroatoms. The molecule has 0 radical (unpaired) electrons. The Kier molecular flexibility index (Phi) is 4.06. The lowest BCUT2D eigenvalue weighted by atomic mass is 9.89. The van der Waals surface area contributed by atoms with Crippen molar-refractivity contribution in [2.75, 3.05) is 20.2 Å². The van der Waals surface area contributed by atoms with Gasteiger partial charge in [0.1, 0.15) is 22.8 Å². The molecule has 6 nitrogen and oxygen atoms in total. The number of benzene rings is 2. The number of hydrogen-bond donors (Lipinski definition) is 1. The number of hydrogen-bond acceptors (Lipinski definition) is 4. The van der Waals surface area contributed by atoms with Gasteiger partial charge in [-0.05, 0) is 30.3 Å². The highest BCUT2D eigenvalue weighted by Gasteiger charge is 2.47. The molecule has 148 valence electrons. The quantitative estimate of drug-likeness (QED) is 0.691. The molecule has 2 aromatic carbocycles. The van der Waals surface area contributed by atoms with Gasteiger partial charge in [0.15, 0.2) is 5.78 Å². The fraction of sp³-hybridized carbons (Fsp3) is 0.273. The van der Waals surface area contributed by atoms with Crippen molar-refractivity contribution in [3.63, 3.8) is 0 Å². The van der Waals surface area contributed by atoms with Crippen LogP contribution in [-0.2, 0) is 0 Å². The SMILES string of the molecule is COc1ccc2c(c1)C(=O)CC1(CCN(C(=O)c3cc4cccc(Cl)c4[nH]3)C1)O2. The number of ether oxygens (including phenoxy) is 2. The summed E-state index contributed by atoms with van der Waals surface area (Å²) < 4.78 is 11.4. The summed E-state index contributed by atoms with van der Waals surface area (Å²) in [6.07, 6.45) is 0.854. The Labute approximate surface area is 172 Å². The van der Waals surface area contributed by atoms with Crippen LogP contribution in [0.1, 0.15) is 33.7 Å². The molecule has 1 fully saturated rings. The van der Waals surface area contributed by atoms with Crippen molar-refractivity contribution in [2.24, 2.45) is 0 Å². The number of likely N-dealkylation sites (tertiary alicyclic amines) is 1. The molecule has 2 aliphatic rings. The van der Waals surface area contributed by atoms with Crippen LogP contribution in [0.5, 0.6) is 11.5 Å². The third-order valence-corrected chi connectivity index (χ3v) is 6.05. The van der Waals surface area contributed by atoms with Crippen LogP contribution >= 0.6 is 11.6 Å². The van der Waals surface area contributed by atoms with Crippen LogP contribution in [0.25, 0.3) is 10.9 Å². The van der Waals surface area contributed by atoms with Crippen LogP contribution in [0, 0.1) is 0 Å². The summed E-state index contributed by atoms with van der Waals surface area (Å²) in [7, 11) is 1.56. The monoisotopic (exact) mass is 410 g/mol. The Bertz CT molecular complexity index is 1150. The minimum Gasteiger partial charge on any atom is -0.497 e. The van der Waals surface area contributed by atoms with Crippen molar-refractivity contribution < 1.29 is 19.1 Å². The highest BCUT2D eigenvalue weighted by atomic mass is 35.5. The lowest BCUT2D eigenvalue weighted by Gasteiger charge is -2.34. The lowest BCUT2D eigenvalue weighted by molar-refractivity contribution is 0.0426. The van der Waals surface area contributed by atoms with Gasteiger partial charge in [-0.2, -0.15) is 0 Å². The van der Waals surface area contributed by atoms with Crippen molar-refractivity contribution in [3.8, 4) is 11.5 Å². The maximum absolute atomic E-state index is 13.1. The Morgan fingerprint density at radius 1 is 1.28 bits per heavy atom. The first-order chi connectivity index (χ1) is 14.0. The van der Waals surface area contributed by atoms with Gasteiger partial charge in [-0.3, -0.25) is 9.59 Å². The third-order valence-electron chi connectivity index (χ3n) is 5.74. The van der Waals surface area contributed by atoms with Crippen LogP contribution in [0.3, 0.4) is 0 Å². The Hall–Kier alpha value is -2.99.